The largest absolute Gasteiger partial charge is 0.516 e. The van der Waals surface area contributed by atoms with Gasteiger partial charge in [-0.05, 0) is 19.3 Å². The molecule has 0 spiro atoms. The Morgan fingerprint density at radius 2 is 1.52 bits per heavy atom. The molecule has 15 heteroatoms. The van der Waals surface area contributed by atoms with Gasteiger partial charge in [0.15, 0.2) is 0 Å². The van der Waals surface area contributed by atoms with Gasteiger partial charge in [0.05, 0.1) is 6.04 Å². The van der Waals surface area contributed by atoms with Crippen molar-refractivity contribution in [2.45, 2.75) is 68.5 Å². The molecule has 27 heavy (non-hydrogen) atoms. The Kier molecular flexibility index (Phi) is 7.19. The van der Waals surface area contributed by atoms with Gasteiger partial charge >= 0.3 is 31.1 Å². The van der Waals surface area contributed by atoms with E-state index in [4.69, 9.17) is 0 Å². The van der Waals surface area contributed by atoms with Crippen molar-refractivity contribution in [1.82, 2.24) is 9.03 Å². The average molecular weight is 448 g/mol. The molecule has 0 saturated heterocycles. The Labute approximate surface area is 152 Å². The maximum Gasteiger partial charge on any atom is 0.516 e. The fourth-order valence-corrected chi connectivity index (χ4v) is 4.73. The van der Waals surface area contributed by atoms with Crippen LogP contribution in [0.15, 0.2) is 0 Å². The third-order valence-electron chi connectivity index (χ3n) is 3.90. The molecule has 1 aliphatic rings. The summed E-state index contributed by atoms with van der Waals surface area (Å²) in [4.78, 5) is 12.1. The highest BCUT2D eigenvalue weighted by Gasteiger charge is 2.56. The summed E-state index contributed by atoms with van der Waals surface area (Å²) in [6.45, 7) is 1.39. The Balaban J connectivity index is 3.38. The van der Waals surface area contributed by atoms with Crippen LogP contribution < -0.4 is 4.72 Å². The summed E-state index contributed by atoms with van der Waals surface area (Å²) < 4.78 is 124. The monoisotopic (exact) mass is 448 g/mol. The molecule has 1 N–H and O–H groups in total. The SMILES string of the molecule is CCCC(=O)N(C1CCCCC1NS(=O)(=O)C(F)(F)F)S(=O)(=O)C(F)(F)F. The zero-order valence-corrected chi connectivity index (χ0v) is 15.6. The molecule has 1 saturated carbocycles. The van der Waals surface area contributed by atoms with E-state index in [0.29, 0.717) is 0 Å². The zero-order valence-electron chi connectivity index (χ0n) is 14.0. The van der Waals surface area contributed by atoms with Gasteiger partial charge in [-0.1, -0.05) is 19.8 Å². The summed E-state index contributed by atoms with van der Waals surface area (Å²) in [6, 6.07) is -3.75. The Bertz CT molecular complexity index is 747. The van der Waals surface area contributed by atoms with E-state index >= 15 is 0 Å². The quantitative estimate of drug-likeness (QED) is 0.628. The number of carbonyl (C=O) groups excluding carboxylic acids is 1. The van der Waals surface area contributed by atoms with Crippen LogP contribution in [0.2, 0.25) is 0 Å². The van der Waals surface area contributed by atoms with Crippen LogP contribution in [0.5, 0.6) is 0 Å². The summed E-state index contributed by atoms with van der Waals surface area (Å²) in [7, 11) is -12.2. The summed E-state index contributed by atoms with van der Waals surface area (Å²) in [5, 5.41) is 0. The number of hydrogen-bond acceptors (Lipinski definition) is 5. The maximum absolute atomic E-state index is 13.0. The molecular weight excluding hydrogens is 430 g/mol. The molecule has 1 aliphatic carbocycles. The van der Waals surface area contributed by atoms with Crippen LogP contribution in [0, 0.1) is 0 Å². The van der Waals surface area contributed by atoms with Crippen LogP contribution in [-0.2, 0) is 24.8 Å². The van der Waals surface area contributed by atoms with Crippen LogP contribution in [-0.4, -0.2) is 50.1 Å². The van der Waals surface area contributed by atoms with E-state index in [1.807, 2.05) is 0 Å². The van der Waals surface area contributed by atoms with E-state index in [-0.39, 0.29) is 25.7 Å². The van der Waals surface area contributed by atoms with Crippen LogP contribution in [0.4, 0.5) is 26.3 Å². The normalized spacial score (nSPS) is 22.5. The van der Waals surface area contributed by atoms with E-state index in [2.05, 4.69) is 0 Å². The molecule has 2 unspecified atom stereocenters. The first-order chi connectivity index (χ1) is 12.1. The molecule has 0 aromatic heterocycles. The minimum absolute atomic E-state index is 0.0195. The topological polar surface area (TPSA) is 101 Å². The average Bonchev–Trinajstić information content (AvgIpc) is 2.46. The third-order valence-corrected chi connectivity index (χ3v) is 6.70. The third kappa shape index (κ3) is 5.25. The van der Waals surface area contributed by atoms with E-state index in [0.717, 1.165) is 0 Å². The second-order valence-electron chi connectivity index (χ2n) is 5.92. The molecular formula is C12H18F6N2O5S2. The van der Waals surface area contributed by atoms with Crippen molar-refractivity contribution in [3.05, 3.63) is 0 Å². The molecule has 1 fully saturated rings. The predicted molar refractivity (Wildman–Crippen MR) is 80.9 cm³/mol. The number of halogens is 6. The molecule has 0 aromatic rings. The van der Waals surface area contributed by atoms with Crippen LogP contribution in [0.25, 0.3) is 0 Å². The van der Waals surface area contributed by atoms with Gasteiger partial charge in [0.25, 0.3) is 0 Å². The van der Waals surface area contributed by atoms with Gasteiger partial charge in [0.2, 0.25) is 5.91 Å². The molecule has 0 aliphatic heterocycles. The van der Waals surface area contributed by atoms with Gasteiger partial charge in [-0.25, -0.2) is 17.4 Å². The fraction of sp³-hybridized carbons (Fsp3) is 0.917. The van der Waals surface area contributed by atoms with Gasteiger partial charge in [0, 0.05) is 12.5 Å². The molecule has 1 rings (SSSR count). The first-order valence-electron chi connectivity index (χ1n) is 7.78. The molecule has 0 aromatic carbocycles. The lowest BCUT2D eigenvalue weighted by molar-refractivity contribution is -0.130. The Hall–Kier alpha value is -1.09. The highest BCUT2D eigenvalue weighted by atomic mass is 32.2. The number of nitrogens with one attached hydrogen (secondary N) is 1. The lowest BCUT2D eigenvalue weighted by Crippen LogP contribution is -2.60. The van der Waals surface area contributed by atoms with Crippen molar-refractivity contribution in [2.75, 3.05) is 0 Å². The van der Waals surface area contributed by atoms with Gasteiger partial charge in [0.1, 0.15) is 0 Å². The number of alkyl halides is 6. The lowest BCUT2D eigenvalue weighted by atomic mass is 9.91. The smallest absolute Gasteiger partial charge is 0.274 e. The standard InChI is InChI=1S/C12H18F6N2O5S2/c1-2-5-10(21)20(27(24,25)12(16,17)18)9-7-4-3-6-8(9)19-26(22,23)11(13,14)15/h8-9,19H,2-7H2,1H3. The molecule has 0 bridgehead atoms. The first-order valence-corrected chi connectivity index (χ1v) is 10.7. The number of nitrogens with zero attached hydrogens (tertiary/aromatic N) is 1. The van der Waals surface area contributed by atoms with Crippen molar-refractivity contribution in [3.8, 4) is 0 Å². The molecule has 0 radical (unpaired) electrons. The second-order valence-corrected chi connectivity index (χ2v) is 9.43. The second kappa shape index (κ2) is 8.11. The molecule has 7 nitrogen and oxygen atoms in total. The number of sulfonamides is 2. The van der Waals surface area contributed by atoms with Crippen LogP contribution >= 0.6 is 0 Å². The van der Waals surface area contributed by atoms with Crippen molar-refractivity contribution < 1.29 is 48.0 Å². The van der Waals surface area contributed by atoms with E-state index in [9.17, 15) is 48.0 Å². The fourth-order valence-electron chi connectivity index (χ4n) is 2.73. The highest BCUT2D eigenvalue weighted by Crippen LogP contribution is 2.35. The van der Waals surface area contributed by atoms with Crippen LogP contribution in [0.1, 0.15) is 45.4 Å². The first kappa shape index (κ1) is 23.9. The van der Waals surface area contributed by atoms with Crippen molar-refractivity contribution in [3.63, 3.8) is 0 Å². The van der Waals surface area contributed by atoms with Crippen molar-refractivity contribution >= 4 is 26.0 Å². The summed E-state index contributed by atoms with van der Waals surface area (Å²) in [5.41, 5.74) is -11.6. The molecule has 160 valence electrons. The van der Waals surface area contributed by atoms with Crippen molar-refractivity contribution in [2.24, 2.45) is 0 Å². The van der Waals surface area contributed by atoms with Gasteiger partial charge < -0.3 is 0 Å². The number of amides is 1. The zero-order chi connectivity index (χ0) is 21.3. The minimum Gasteiger partial charge on any atom is -0.274 e. The van der Waals surface area contributed by atoms with E-state index in [1.165, 1.54) is 11.6 Å². The molecule has 1 amide bonds. The van der Waals surface area contributed by atoms with Gasteiger partial charge in [-0.3, -0.25) is 4.79 Å². The molecule has 0 heterocycles. The van der Waals surface area contributed by atoms with Crippen LogP contribution in [0.3, 0.4) is 0 Å². The number of carbonyl (C=O) groups is 1. The van der Waals surface area contributed by atoms with E-state index < -0.39 is 66.2 Å². The Morgan fingerprint density at radius 1 is 1.00 bits per heavy atom. The minimum atomic E-state index is -6.22. The Morgan fingerprint density at radius 3 is 1.96 bits per heavy atom. The van der Waals surface area contributed by atoms with Gasteiger partial charge in [-0.2, -0.15) is 34.8 Å². The summed E-state index contributed by atoms with van der Waals surface area (Å²) in [6.07, 6.45) is -1.14. The predicted octanol–water partition coefficient (Wildman–Crippen LogP) is 2.22. The summed E-state index contributed by atoms with van der Waals surface area (Å²) in [5.74, 6) is -1.46. The number of hydrogen-bond donors (Lipinski definition) is 1. The highest BCUT2D eigenvalue weighted by molar-refractivity contribution is 7.90. The van der Waals surface area contributed by atoms with Crippen molar-refractivity contribution in [1.29, 1.82) is 0 Å². The lowest BCUT2D eigenvalue weighted by Gasteiger charge is -2.39. The molecule has 2 atom stereocenters. The van der Waals surface area contributed by atoms with Gasteiger partial charge in [-0.15, -0.1) is 0 Å². The number of rotatable bonds is 6. The summed E-state index contributed by atoms with van der Waals surface area (Å²) >= 11 is 0. The van der Waals surface area contributed by atoms with E-state index in [1.54, 1.807) is 0 Å². The maximum atomic E-state index is 13.0.